The number of hydrogen-bond acceptors (Lipinski definition) is 1. The minimum Gasteiger partial charge on any atom is -0.295 e. The fourth-order valence-electron chi connectivity index (χ4n) is 9.02. The van der Waals surface area contributed by atoms with Crippen molar-refractivity contribution in [2.75, 3.05) is 0 Å². The molecule has 0 N–H and O–H groups in total. The predicted octanol–water partition coefficient (Wildman–Crippen LogP) is 7.21. The van der Waals surface area contributed by atoms with Gasteiger partial charge in [-0.2, -0.15) is 0 Å². The van der Waals surface area contributed by atoms with Crippen LogP contribution in [0.4, 0.5) is 0 Å². The van der Waals surface area contributed by atoms with Gasteiger partial charge in [0, 0.05) is 5.92 Å². The van der Waals surface area contributed by atoms with E-state index in [1.54, 1.807) is 6.08 Å². The second kappa shape index (κ2) is 6.74. The smallest absolute Gasteiger partial charge is 0.158 e. The number of rotatable bonds is 2. The molecule has 8 atom stereocenters. The number of carbonyl (C=O) groups is 1. The highest BCUT2D eigenvalue weighted by molar-refractivity contribution is 5.91. The van der Waals surface area contributed by atoms with Crippen LogP contribution in [0.15, 0.2) is 12.7 Å². The lowest BCUT2D eigenvalue weighted by molar-refractivity contribution is -0.166. The summed E-state index contributed by atoms with van der Waals surface area (Å²) >= 11 is 0. The molecule has 0 heterocycles. The molecule has 1 nitrogen and oxygen atoms in total. The molecule has 0 aromatic heterocycles. The van der Waals surface area contributed by atoms with Gasteiger partial charge in [-0.1, -0.05) is 53.5 Å². The van der Waals surface area contributed by atoms with Gasteiger partial charge >= 0.3 is 0 Å². The zero-order valence-electron chi connectivity index (χ0n) is 18.4. The Morgan fingerprint density at radius 1 is 0.926 bits per heavy atom. The summed E-state index contributed by atoms with van der Waals surface area (Å²) in [5, 5.41) is 0. The molecule has 27 heavy (non-hydrogen) atoms. The van der Waals surface area contributed by atoms with Crippen molar-refractivity contribution < 1.29 is 4.79 Å². The quantitative estimate of drug-likeness (QED) is 0.469. The highest BCUT2D eigenvalue weighted by Gasteiger charge is 2.62. The average Bonchev–Trinajstić information content (AvgIpc) is 2.75. The van der Waals surface area contributed by atoms with Gasteiger partial charge in [0.05, 0.1) is 0 Å². The average molecular weight is 371 g/mol. The van der Waals surface area contributed by atoms with E-state index in [4.69, 9.17) is 0 Å². The molecule has 0 aliphatic heterocycles. The van der Waals surface area contributed by atoms with Crippen molar-refractivity contribution >= 4 is 5.78 Å². The zero-order valence-corrected chi connectivity index (χ0v) is 18.4. The van der Waals surface area contributed by atoms with Crippen LogP contribution in [0.5, 0.6) is 0 Å². The van der Waals surface area contributed by atoms with Crippen LogP contribution < -0.4 is 0 Å². The largest absolute Gasteiger partial charge is 0.295 e. The van der Waals surface area contributed by atoms with Gasteiger partial charge < -0.3 is 0 Å². The van der Waals surface area contributed by atoms with Gasteiger partial charge in [-0.25, -0.2) is 0 Å². The molecule has 1 heteroatoms. The van der Waals surface area contributed by atoms with E-state index in [-0.39, 0.29) is 11.3 Å². The van der Waals surface area contributed by atoms with Crippen LogP contribution in [-0.4, -0.2) is 5.78 Å². The van der Waals surface area contributed by atoms with Gasteiger partial charge in [0.2, 0.25) is 0 Å². The lowest BCUT2D eigenvalue weighted by atomic mass is 9.39. The first-order valence-corrected chi connectivity index (χ1v) is 11.9. The van der Waals surface area contributed by atoms with Crippen molar-refractivity contribution in [3.63, 3.8) is 0 Å². The third-order valence-electron chi connectivity index (χ3n) is 10.6. The van der Waals surface area contributed by atoms with E-state index < -0.39 is 0 Å². The molecule has 0 saturated heterocycles. The van der Waals surface area contributed by atoms with E-state index in [1.165, 1.54) is 64.2 Å². The number of hydrogen-bond donors (Lipinski definition) is 0. The molecule has 4 aliphatic carbocycles. The fraction of sp³-hybridized carbons (Fsp3) is 0.885. The maximum Gasteiger partial charge on any atom is 0.158 e. The molecule has 0 spiro atoms. The van der Waals surface area contributed by atoms with Gasteiger partial charge in [0.15, 0.2) is 5.78 Å². The third-order valence-corrected chi connectivity index (χ3v) is 10.6. The summed E-state index contributed by atoms with van der Waals surface area (Å²) in [7, 11) is 0. The number of carbonyl (C=O) groups excluding carboxylic acids is 1. The van der Waals surface area contributed by atoms with Crippen molar-refractivity contribution in [3.05, 3.63) is 12.7 Å². The SMILES string of the molecule is C=CC(=O)[C@H]1CCCC2C3CC[C@]4(C)C[C@@H](C)CCCC4(C)C3CC[C@@]21C. The van der Waals surface area contributed by atoms with E-state index in [9.17, 15) is 4.79 Å². The molecule has 0 radical (unpaired) electrons. The molecule has 0 aromatic rings. The standard InChI is InChI=1S/C26H42O/c1-6-23(27)22-11-7-10-20-19-12-15-24(3)17-18(2)9-8-14-26(24,5)21(19)13-16-25(20,22)4/h6,18-22H,1,7-17H2,2-5H3/t18-,19?,20?,21?,22+,24+,25-,26?/m0/s1. The molecule has 4 fully saturated rings. The summed E-state index contributed by atoms with van der Waals surface area (Å²) in [6.45, 7) is 14.1. The Balaban J connectivity index is 1.67. The first-order chi connectivity index (χ1) is 12.7. The van der Waals surface area contributed by atoms with E-state index in [0.717, 1.165) is 30.1 Å². The first-order valence-electron chi connectivity index (χ1n) is 11.9. The van der Waals surface area contributed by atoms with Crippen molar-refractivity contribution in [2.45, 2.75) is 98.3 Å². The highest BCUT2D eigenvalue weighted by Crippen LogP contribution is 2.69. The minimum atomic E-state index is 0.229. The Hall–Kier alpha value is -0.590. The van der Waals surface area contributed by atoms with Gasteiger partial charge in [-0.3, -0.25) is 4.79 Å². The number of fused-ring (bicyclic) bond motifs is 5. The van der Waals surface area contributed by atoms with Crippen molar-refractivity contribution in [2.24, 2.45) is 45.8 Å². The maximum absolute atomic E-state index is 12.7. The normalized spacial score (nSPS) is 52.7. The molecule has 4 rings (SSSR count). The fourth-order valence-corrected chi connectivity index (χ4v) is 9.02. The van der Waals surface area contributed by atoms with Crippen LogP contribution in [0.3, 0.4) is 0 Å². The van der Waals surface area contributed by atoms with Crippen LogP contribution in [0.25, 0.3) is 0 Å². The molecule has 0 amide bonds. The maximum atomic E-state index is 12.7. The molecule has 152 valence electrons. The Morgan fingerprint density at radius 2 is 1.70 bits per heavy atom. The summed E-state index contributed by atoms with van der Waals surface area (Å²) in [6.07, 6.45) is 16.5. The van der Waals surface area contributed by atoms with Gasteiger partial charge in [0.1, 0.15) is 0 Å². The Labute approximate surface area is 167 Å². The highest BCUT2D eigenvalue weighted by atomic mass is 16.1. The van der Waals surface area contributed by atoms with Crippen LogP contribution in [-0.2, 0) is 4.79 Å². The Kier molecular flexibility index (Phi) is 4.92. The topological polar surface area (TPSA) is 17.1 Å². The minimum absolute atomic E-state index is 0.229. The second-order valence-corrected chi connectivity index (χ2v) is 11.7. The monoisotopic (exact) mass is 370 g/mol. The lowest BCUT2D eigenvalue weighted by Crippen LogP contribution is -2.58. The van der Waals surface area contributed by atoms with E-state index in [1.807, 2.05) is 0 Å². The lowest BCUT2D eigenvalue weighted by Gasteiger charge is -2.65. The Morgan fingerprint density at radius 3 is 2.44 bits per heavy atom. The Bertz CT molecular complexity index is 607. The summed E-state index contributed by atoms with van der Waals surface area (Å²) < 4.78 is 0. The van der Waals surface area contributed by atoms with Crippen molar-refractivity contribution in [3.8, 4) is 0 Å². The van der Waals surface area contributed by atoms with E-state index in [2.05, 4.69) is 34.3 Å². The van der Waals surface area contributed by atoms with Crippen molar-refractivity contribution in [1.82, 2.24) is 0 Å². The van der Waals surface area contributed by atoms with Crippen molar-refractivity contribution in [1.29, 1.82) is 0 Å². The van der Waals surface area contributed by atoms with Crippen LogP contribution >= 0.6 is 0 Å². The summed E-state index contributed by atoms with van der Waals surface area (Å²) in [4.78, 5) is 12.7. The third kappa shape index (κ3) is 2.81. The summed E-state index contributed by atoms with van der Waals surface area (Å²) in [5.41, 5.74) is 1.27. The number of allylic oxidation sites excluding steroid dienone is 1. The number of ketones is 1. The zero-order chi connectivity index (χ0) is 19.4. The molecule has 4 aliphatic rings. The summed E-state index contributed by atoms with van der Waals surface area (Å²) in [6, 6.07) is 0. The summed E-state index contributed by atoms with van der Waals surface area (Å²) in [5.74, 6) is 3.97. The van der Waals surface area contributed by atoms with Gasteiger partial charge in [-0.15, -0.1) is 0 Å². The molecule has 0 aromatic carbocycles. The predicted molar refractivity (Wildman–Crippen MR) is 113 cm³/mol. The van der Waals surface area contributed by atoms with Crippen LogP contribution in [0.1, 0.15) is 98.3 Å². The molecular weight excluding hydrogens is 328 g/mol. The molecule has 0 bridgehead atoms. The van der Waals surface area contributed by atoms with Gasteiger partial charge in [0.25, 0.3) is 0 Å². The van der Waals surface area contributed by atoms with Crippen LogP contribution in [0, 0.1) is 45.8 Å². The molecule has 4 saturated carbocycles. The molecular formula is C26H42O. The first kappa shape index (κ1) is 19.7. The second-order valence-electron chi connectivity index (χ2n) is 11.7. The van der Waals surface area contributed by atoms with E-state index in [0.29, 0.717) is 16.6 Å². The molecule has 4 unspecified atom stereocenters. The van der Waals surface area contributed by atoms with Crippen LogP contribution in [0.2, 0.25) is 0 Å². The van der Waals surface area contributed by atoms with E-state index >= 15 is 0 Å². The van der Waals surface area contributed by atoms with Gasteiger partial charge in [-0.05, 0) is 97.4 Å².